The summed E-state index contributed by atoms with van der Waals surface area (Å²) in [7, 11) is 0. The first-order chi connectivity index (χ1) is 11.6. The van der Waals surface area contributed by atoms with Gasteiger partial charge in [-0.25, -0.2) is 0 Å². The average molecular weight is 340 g/mol. The Morgan fingerprint density at radius 3 is 2.67 bits per heavy atom. The lowest BCUT2D eigenvalue weighted by Crippen LogP contribution is -2.40. The maximum atomic E-state index is 12.8. The van der Waals surface area contributed by atoms with E-state index in [4.69, 9.17) is 0 Å². The SMILES string of the molecule is C[C@H]1CC(=O)Nc2ccccc2N1C(=O)CSCc1ccccc1. The maximum Gasteiger partial charge on any atom is 0.237 e. The molecule has 5 heteroatoms. The summed E-state index contributed by atoms with van der Waals surface area (Å²) in [4.78, 5) is 26.5. The molecule has 0 fully saturated rings. The number of nitrogens with one attached hydrogen (secondary N) is 1. The summed E-state index contributed by atoms with van der Waals surface area (Å²) in [6, 6.07) is 17.4. The fourth-order valence-corrected chi connectivity index (χ4v) is 3.71. The van der Waals surface area contributed by atoms with Crippen LogP contribution in [0.1, 0.15) is 18.9 Å². The molecule has 124 valence electrons. The first kappa shape index (κ1) is 16.6. The van der Waals surface area contributed by atoms with Crippen LogP contribution < -0.4 is 10.2 Å². The number of hydrogen-bond donors (Lipinski definition) is 1. The summed E-state index contributed by atoms with van der Waals surface area (Å²) >= 11 is 1.60. The zero-order valence-corrected chi connectivity index (χ0v) is 14.4. The molecule has 4 nitrogen and oxygen atoms in total. The molecule has 0 radical (unpaired) electrons. The number of fused-ring (bicyclic) bond motifs is 1. The molecule has 0 aromatic heterocycles. The molecule has 1 aliphatic rings. The lowest BCUT2D eigenvalue weighted by atomic mass is 10.2. The van der Waals surface area contributed by atoms with Crippen LogP contribution in [0.25, 0.3) is 0 Å². The molecule has 1 aliphatic heterocycles. The molecule has 1 heterocycles. The van der Waals surface area contributed by atoms with Crippen LogP contribution in [-0.2, 0) is 15.3 Å². The molecule has 2 amide bonds. The number of amides is 2. The van der Waals surface area contributed by atoms with Crippen molar-refractivity contribution < 1.29 is 9.59 Å². The van der Waals surface area contributed by atoms with Gasteiger partial charge in [0.2, 0.25) is 11.8 Å². The van der Waals surface area contributed by atoms with E-state index in [1.54, 1.807) is 16.7 Å². The average Bonchev–Trinajstić information content (AvgIpc) is 2.70. The smallest absolute Gasteiger partial charge is 0.237 e. The first-order valence-electron chi connectivity index (χ1n) is 7.98. The second kappa shape index (κ2) is 7.53. The highest BCUT2D eigenvalue weighted by Gasteiger charge is 2.29. The van der Waals surface area contributed by atoms with E-state index < -0.39 is 0 Å². The van der Waals surface area contributed by atoms with E-state index in [2.05, 4.69) is 17.4 Å². The standard InChI is InChI=1S/C19H20N2O2S/c1-14-11-18(22)20-16-9-5-6-10-17(16)21(14)19(23)13-24-12-15-7-3-2-4-8-15/h2-10,14H,11-13H2,1H3,(H,20,22)/t14-/m0/s1. The lowest BCUT2D eigenvalue weighted by molar-refractivity contribution is -0.117. The van der Waals surface area contributed by atoms with Crippen LogP contribution in [0.3, 0.4) is 0 Å². The summed E-state index contributed by atoms with van der Waals surface area (Å²) in [5, 5.41) is 2.88. The van der Waals surface area contributed by atoms with Gasteiger partial charge in [0.1, 0.15) is 0 Å². The molecule has 2 aromatic rings. The third kappa shape index (κ3) is 3.79. The van der Waals surface area contributed by atoms with E-state index >= 15 is 0 Å². The second-order valence-corrected chi connectivity index (χ2v) is 6.85. The fourth-order valence-electron chi connectivity index (χ4n) is 2.87. The molecule has 2 aromatic carbocycles. The normalized spacial score (nSPS) is 17.0. The molecule has 0 saturated carbocycles. The highest BCUT2D eigenvalue weighted by Crippen LogP contribution is 2.31. The number of hydrogen-bond acceptors (Lipinski definition) is 3. The van der Waals surface area contributed by atoms with Gasteiger partial charge in [0.25, 0.3) is 0 Å². The van der Waals surface area contributed by atoms with Crippen molar-refractivity contribution in [2.45, 2.75) is 25.1 Å². The number of carbonyl (C=O) groups excluding carboxylic acids is 2. The van der Waals surface area contributed by atoms with Crippen molar-refractivity contribution in [2.75, 3.05) is 16.0 Å². The van der Waals surface area contributed by atoms with Crippen molar-refractivity contribution in [3.63, 3.8) is 0 Å². The number of carbonyl (C=O) groups is 2. The largest absolute Gasteiger partial charge is 0.324 e. The minimum Gasteiger partial charge on any atom is -0.324 e. The van der Waals surface area contributed by atoms with Crippen LogP contribution in [0.15, 0.2) is 54.6 Å². The van der Waals surface area contributed by atoms with Gasteiger partial charge in [0.15, 0.2) is 0 Å². The summed E-state index contributed by atoms with van der Waals surface area (Å²) in [6.45, 7) is 1.92. The summed E-state index contributed by atoms with van der Waals surface area (Å²) in [6.07, 6.45) is 0.309. The highest BCUT2D eigenvalue weighted by atomic mass is 32.2. The van der Waals surface area contributed by atoms with Gasteiger partial charge < -0.3 is 10.2 Å². The minimum absolute atomic E-state index is 0.0346. The Morgan fingerprint density at radius 2 is 1.88 bits per heavy atom. The molecular formula is C19H20N2O2S. The Bertz CT molecular complexity index is 733. The molecule has 24 heavy (non-hydrogen) atoms. The molecule has 3 rings (SSSR count). The van der Waals surface area contributed by atoms with Gasteiger partial charge in [-0.3, -0.25) is 9.59 Å². The topological polar surface area (TPSA) is 49.4 Å². The minimum atomic E-state index is -0.154. The Morgan fingerprint density at radius 1 is 1.17 bits per heavy atom. The second-order valence-electron chi connectivity index (χ2n) is 5.86. The van der Waals surface area contributed by atoms with Crippen molar-refractivity contribution in [3.8, 4) is 0 Å². The molecule has 1 N–H and O–H groups in total. The predicted molar refractivity (Wildman–Crippen MR) is 99.2 cm³/mol. The molecule has 1 atom stereocenters. The summed E-state index contributed by atoms with van der Waals surface area (Å²) in [5.74, 6) is 1.17. The van der Waals surface area contributed by atoms with Gasteiger partial charge in [-0.15, -0.1) is 11.8 Å². The van der Waals surface area contributed by atoms with Gasteiger partial charge in [0.05, 0.1) is 17.1 Å². The number of thioether (sulfide) groups is 1. The Balaban J connectivity index is 1.72. The zero-order chi connectivity index (χ0) is 16.9. The molecule has 0 unspecified atom stereocenters. The van der Waals surface area contributed by atoms with Crippen molar-refractivity contribution in [3.05, 3.63) is 60.2 Å². The Labute approximate surface area is 146 Å². The van der Waals surface area contributed by atoms with Gasteiger partial charge in [-0.05, 0) is 24.6 Å². The third-order valence-electron chi connectivity index (χ3n) is 3.97. The quantitative estimate of drug-likeness (QED) is 0.923. The maximum absolute atomic E-state index is 12.8. The van der Waals surface area contributed by atoms with Crippen LogP contribution in [0, 0.1) is 0 Å². The Hall–Kier alpha value is -2.27. The van der Waals surface area contributed by atoms with Gasteiger partial charge >= 0.3 is 0 Å². The van der Waals surface area contributed by atoms with Crippen molar-refractivity contribution in [1.82, 2.24) is 0 Å². The van der Waals surface area contributed by atoms with E-state index in [0.717, 1.165) is 11.4 Å². The van der Waals surface area contributed by atoms with Crippen molar-refractivity contribution >= 4 is 35.0 Å². The van der Waals surface area contributed by atoms with E-state index in [1.807, 2.05) is 49.4 Å². The third-order valence-corrected chi connectivity index (χ3v) is 4.95. The highest BCUT2D eigenvalue weighted by molar-refractivity contribution is 7.99. The summed E-state index contributed by atoms with van der Waals surface area (Å²) in [5.41, 5.74) is 2.69. The van der Waals surface area contributed by atoms with E-state index in [9.17, 15) is 9.59 Å². The Kier molecular flexibility index (Phi) is 5.20. The number of nitrogens with zero attached hydrogens (tertiary/aromatic N) is 1. The van der Waals surface area contributed by atoms with Crippen LogP contribution in [0.4, 0.5) is 11.4 Å². The lowest BCUT2D eigenvalue weighted by Gasteiger charge is -2.27. The van der Waals surface area contributed by atoms with E-state index in [-0.39, 0.29) is 17.9 Å². The molecule has 0 spiro atoms. The van der Waals surface area contributed by atoms with Gasteiger partial charge in [0, 0.05) is 18.2 Å². The number of benzene rings is 2. The van der Waals surface area contributed by atoms with Crippen LogP contribution >= 0.6 is 11.8 Å². The molecule has 0 saturated heterocycles. The van der Waals surface area contributed by atoms with E-state index in [0.29, 0.717) is 17.9 Å². The molecule has 0 aliphatic carbocycles. The van der Waals surface area contributed by atoms with Crippen molar-refractivity contribution in [2.24, 2.45) is 0 Å². The zero-order valence-electron chi connectivity index (χ0n) is 13.6. The van der Waals surface area contributed by atoms with E-state index in [1.165, 1.54) is 5.56 Å². The first-order valence-corrected chi connectivity index (χ1v) is 9.13. The summed E-state index contributed by atoms with van der Waals surface area (Å²) < 4.78 is 0. The molecular weight excluding hydrogens is 320 g/mol. The van der Waals surface area contributed by atoms with Crippen molar-refractivity contribution in [1.29, 1.82) is 0 Å². The van der Waals surface area contributed by atoms with Crippen LogP contribution in [-0.4, -0.2) is 23.6 Å². The van der Waals surface area contributed by atoms with Crippen LogP contribution in [0.5, 0.6) is 0 Å². The number of para-hydroxylation sites is 2. The number of anilines is 2. The number of rotatable bonds is 4. The van der Waals surface area contributed by atoms with Gasteiger partial charge in [-0.1, -0.05) is 42.5 Å². The predicted octanol–water partition coefficient (Wildman–Crippen LogP) is 3.68. The fraction of sp³-hybridized carbons (Fsp3) is 0.263. The monoisotopic (exact) mass is 340 g/mol. The van der Waals surface area contributed by atoms with Crippen LogP contribution in [0.2, 0.25) is 0 Å². The molecule has 0 bridgehead atoms. The van der Waals surface area contributed by atoms with Gasteiger partial charge in [-0.2, -0.15) is 0 Å².